The fourth-order valence-corrected chi connectivity index (χ4v) is 1.77. The molecule has 0 saturated carbocycles. The first-order valence-corrected chi connectivity index (χ1v) is 5.36. The molecule has 0 amide bonds. The summed E-state index contributed by atoms with van der Waals surface area (Å²) in [7, 11) is 0. The molecule has 17 heavy (non-hydrogen) atoms. The van der Waals surface area contributed by atoms with Crippen molar-refractivity contribution in [3.8, 4) is 0 Å². The third-order valence-corrected chi connectivity index (χ3v) is 2.62. The number of rotatable bonds is 3. The maximum Gasteiger partial charge on any atom is 0.177 e. The van der Waals surface area contributed by atoms with E-state index < -0.39 is 0 Å². The minimum absolute atomic E-state index is 0.190. The molecular weight excluding hydrogens is 216 g/mol. The quantitative estimate of drug-likeness (QED) is 0.621. The van der Waals surface area contributed by atoms with E-state index in [1.54, 1.807) is 18.7 Å². The van der Waals surface area contributed by atoms with Crippen LogP contribution in [0.4, 0.5) is 0 Å². The molecule has 0 aliphatic rings. The summed E-state index contributed by atoms with van der Waals surface area (Å²) >= 11 is 0. The second-order valence-electron chi connectivity index (χ2n) is 3.88. The lowest BCUT2D eigenvalue weighted by Crippen LogP contribution is -2.15. The van der Waals surface area contributed by atoms with Gasteiger partial charge in [-0.1, -0.05) is 0 Å². The summed E-state index contributed by atoms with van der Waals surface area (Å²) in [5.41, 5.74) is 8.67. The van der Waals surface area contributed by atoms with Crippen LogP contribution in [0.15, 0.2) is 30.9 Å². The number of aromatic nitrogens is 5. The lowest BCUT2D eigenvalue weighted by atomic mass is 10.2. The van der Waals surface area contributed by atoms with Gasteiger partial charge in [0.1, 0.15) is 5.82 Å². The SMILES string of the molecule is NC(Cc1cnc[nH]1)c1nc2ncccc2[nH]1. The van der Waals surface area contributed by atoms with E-state index in [1.165, 1.54) is 0 Å². The Morgan fingerprint density at radius 2 is 2.35 bits per heavy atom. The van der Waals surface area contributed by atoms with E-state index in [2.05, 4.69) is 24.9 Å². The summed E-state index contributed by atoms with van der Waals surface area (Å²) in [5, 5.41) is 0. The van der Waals surface area contributed by atoms with Gasteiger partial charge in [0.15, 0.2) is 5.65 Å². The van der Waals surface area contributed by atoms with E-state index in [1.807, 2.05) is 12.1 Å². The van der Waals surface area contributed by atoms with Gasteiger partial charge in [0.2, 0.25) is 0 Å². The molecule has 1 unspecified atom stereocenters. The molecule has 3 aromatic rings. The van der Waals surface area contributed by atoms with Crippen LogP contribution in [0.2, 0.25) is 0 Å². The van der Waals surface area contributed by atoms with E-state index in [-0.39, 0.29) is 6.04 Å². The monoisotopic (exact) mass is 228 g/mol. The first kappa shape index (κ1) is 9.98. The van der Waals surface area contributed by atoms with E-state index in [4.69, 9.17) is 5.73 Å². The van der Waals surface area contributed by atoms with Gasteiger partial charge >= 0.3 is 0 Å². The number of hydrogen-bond donors (Lipinski definition) is 3. The molecule has 0 saturated heterocycles. The predicted molar refractivity (Wildman–Crippen MR) is 63.1 cm³/mol. The summed E-state index contributed by atoms with van der Waals surface area (Å²) in [6.07, 6.45) is 5.79. The van der Waals surface area contributed by atoms with Crippen molar-refractivity contribution in [1.82, 2.24) is 24.9 Å². The zero-order valence-corrected chi connectivity index (χ0v) is 9.09. The average Bonchev–Trinajstić information content (AvgIpc) is 2.96. The van der Waals surface area contributed by atoms with Gasteiger partial charge < -0.3 is 15.7 Å². The minimum Gasteiger partial charge on any atom is -0.348 e. The fourth-order valence-electron chi connectivity index (χ4n) is 1.77. The van der Waals surface area contributed by atoms with E-state index in [9.17, 15) is 0 Å². The second-order valence-corrected chi connectivity index (χ2v) is 3.88. The topological polar surface area (TPSA) is 96.3 Å². The molecule has 0 aliphatic carbocycles. The number of aromatic amines is 2. The van der Waals surface area contributed by atoms with Crippen molar-refractivity contribution in [1.29, 1.82) is 0 Å². The Morgan fingerprint density at radius 1 is 1.41 bits per heavy atom. The third-order valence-electron chi connectivity index (χ3n) is 2.62. The highest BCUT2D eigenvalue weighted by atomic mass is 15.0. The Morgan fingerprint density at radius 3 is 3.12 bits per heavy atom. The van der Waals surface area contributed by atoms with Gasteiger partial charge in [-0.3, -0.25) is 0 Å². The van der Waals surface area contributed by atoms with Gasteiger partial charge in [0, 0.05) is 24.5 Å². The van der Waals surface area contributed by atoms with Crippen LogP contribution in [-0.4, -0.2) is 24.9 Å². The zero-order chi connectivity index (χ0) is 11.7. The molecule has 0 spiro atoms. The van der Waals surface area contributed by atoms with Crippen LogP contribution in [0.1, 0.15) is 17.6 Å². The molecule has 3 heterocycles. The number of fused-ring (bicyclic) bond motifs is 1. The molecule has 3 aromatic heterocycles. The minimum atomic E-state index is -0.190. The summed E-state index contributed by atoms with van der Waals surface area (Å²) in [5.74, 6) is 0.744. The number of nitrogens with two attached hydrogens (primary N) is 1. The number of hydrogen-bond acceptors (Lipinski definition) is 4. The van der Waals surface area contributed by atoms with Crippen LogP contribution >= 0.6 is 0 Å². The lowest BCUT2D eigenvalue weighted by molar-refractivity contribution is 0.670. The first-order chi connectivity index (χ1) is 8.33. The standard InChI is InChI=1S/C11H12N6/c12-8(4-7-5-13-6-15-7)10-16-9-2-1-3-14-11(9)17-10/h1-3,5-6,8H,4,12H2,(H,13,15)(H,14,16,17). The van der Waals surface area contributed by atoms with Crippen LogP contribution in [0.5, 0.6) is 0 Å². The molecule has 0 aliphatic heterocycles. The third kappa shape index (κ3) is 1.90. The van der Waals surface area contributed by atoms with Crippen molar-refractivity contribution in [2.24, 2.45) is 5.73 Å². The summed E-state index contributed by atoms with van der Waals surface area (Å²) < 4.78 is 0. The number of H-pyrrole nitrogens is 2. The van der Waals surface area contributed by atoms with Gasteiger partial charge in [0.25, 0.3) is 0 Å². The smallest absolute Gasteiger partial charge is 0.177 e. The van der Waals surface area contributed by atoms with Crippen LogP contribution in [-0.2, 0) is 6.42 Å². The molecule has 6 nitrogen and oxygen atoms in total. The Balaban J connectivity index is 1.88. The van der Waals surface area contributed by atoms with Crippen molar-refractivity contribution in [2.45, 2.75) is 12.5 Å². The highest BCUT2D eigenvalue weighted by Crippen LogP contribution is 2.15. The van der Waals surface area contributed by atoms with E-state index in [0.717, 1.165) is 17.0 Å². The largest absolute Gasteiger partial charge is 0.348 e. The van der Waals surface area contributed by atoms with Crippen molar-refractivity contribution >= 4 is 11.2 Å². The Hall–Kier alpha value is -2.21. The maximum absolute atomic E-state index is 6.08. The average molecular weight is 228 g/mol. The Kier molecular flexibility index (Phi) is 2.34. The van der Waals surface area contributed by atoms with E-state index in [0.29, 0.717) is 12.1 Å². The maximum atomic E-state index is 6.08. The van der Waals surface area contributed by atoms with Crippen molar-refractivity contribution in [3.63, 3.8) is 0 Å². The molecule has 0 radical (unpaired) electrons. The number of pyridine rings is 1. The van der Waals surface area contributed by atoms with E-state index >= 15 is 0 Å². The highest BCUT2D eigenvalue weighted by molar-refractivity contribution is 5.69. The van der Waals surface area contributed by atoms with Gasteiger partial charge in [-0.25, -0.2) is 15.0 Å². The van der Waals surface area contributed by atoms with Gasteiger partial charge in [-0.2, -0.15) is 0 Å². The van der Waals surface area contributed by atoms with Crippen molar-refractivity contribution in [2.75, 3.05) is 0 Å². The molecule has 1 atom stereocenters. The molecule has 4 N–H and O–H groups in total. The predicted octanol–water partition coefficient (Wildman–Crippen LogP) is 0.923. The normalized spacial score (nSPS) is 13.0. The number of imidazole rings is 2. The lowest BCUT2D eigenvalue weighted by Gasteiger charge is -2.05. The zero-order valence-electron chi connectivity index (χ0n) is 9.09. The summed E-state index contributed by atoms with van der Waals surface area (Å²) in [6, 6.07) is 3.61. The van der Waals surface area contributed by atoms with Crippen LogP contribution in [0.3, 0.4) is 0 Å². The van der Waals surface area contributed by atoms with Crippen LogP contribution in [0.25, 0.3) is 11.2 Å². The Labute approximate surface area is 97.3 Å². The fraction of sp³-hybridized carbons (Fsp3) is 0.182. The molecule has 0 bridgehead atoms. The van der Waals surface area contributed by atoms with Crippen molar-refractivity contribution in [3.05, 3.63) is 42.4 Å². The summed E-state index contributed by atoms with van der Waals surface area (Å²) in [6.45, 7) is 0. The van der Waals surface area contributed by atoms with Gasteiger partial charge in [0.05, 0.1) is 17.9 Å². The Bertz CT molecular complexity index is 579. The molecule has 0 aromatic carbocycles. The molecule has 0 fully saturated rings. The molecule has 6 heteroatoms. The summed E-state index contributed by atoms with van der Waals surface area (Å²) in [4.78, 5) is 18.7. The highest BCUT2D eigenvalue weighted by Gasteiger charge is 2.12. The van der Waals surface area contributed by atoms with Crippen LogP contribution in [0, 0.1) is 0 Å². The first-order valence-electron chi connectivity index (χ1n) is 5.36. The molecule has 86 valence electrons. The molecule has 3 rings (SSSR count). The number of nitrogens with one attached hydrogen (secondary N) is 2. The van der Waals surface area contributed by atoms with Gasteiger partial charge in [-0.15, -0.1) is 0 Å². The van der Waals surface area contributed by atoms with Gasteiger partial charge in [-0.05, 0) is 12.1 Å². The van der Waals surface area contributed by atoms with Crippen LogP contribution < -0.4 is 5.73 Å². The van der Waals surface area contributed by atoms with Crippen molar-refractivity contribution < 1.29 is 0 Å². The second kappa shape index (κ2) is 3.99. The number of nitrogens with zero attached hydrogens (tertiary/aromatic N) is 3. The molecular formula is C11H12N6.